The molecule has 2 heterocycles. The summed E-state index contributed by atoms with van der Waals surface area (Å²) in [7, 11) is -4.32. The zero-order valence-corrected chi connectivity index (χ0v) is 19.3. The largest absolute Gasteiger partial charge is 0.416 e. The molecule has 11 heteroatoms. The van der Waals surface area contributed by atoms with Crippen molar-refractivity contribution in [2.75, 3.05) is 6.26 Å². The zero-order valence-electron chi connectivity index (χ0n) is 18.5. The van der Waals surface area contributed by atoms with Crippen LogP contribution in [0.2, 0.25) is 0 Å². The van der Waals surface area contributed by atoms with Crippen LogP contribution in [0, 0.1) is 11.6 Å². The van der Waals surface area contributed by atoms with Crippen molar-refractivity contribution >= 4 is 31.9 Å². The number of rotatable bonds is 5. The van der Waals surface area contributed by atoms with Crippen molar-refractivity contribution in [1.29, 1.82) is 0 Å². The third-order valence-electron chi connectivity index (χ3n) is 5.94. The van der Waals surface area contributed by atoms with Crippen LogP contribution in [0.4, 0.5) is 22.0 Å². The lowest BCUT2D eigenvalue weighted by molar-refractivity contribution is -0.137. The summed E-state index contributed by atoms with van der Waals surface area (Å²) < 4.78 is 99.6. The Bertz CT molecular complexity index is 1620. The van der Waals surface area contributed by atoms with E-state index in [0.717, 1.165) is 42.7 Å². The van der Waals surface area contributed by atoms with Crippen molar-refractivity contribution in [1.82, 2.24) is 9.97 Å². The van der Waals surface area contributed by atoms with Gasteiger partial charge < -0.3 is 9.97 Å². The van der Waals surface area contributed by atoms with Crippen LogP contribution in [0.3, 0.4) is 0 Å². The Morgan fingerprint density at radius 3 is 1.58 bits per heavy atom. The second-order valence-corrected chi connectivity index (χ2v) is 9.90. The van der Waals surface area contributed by atoms with Crippen LogP contribution < -0.4 is 0 Å². The van der Waals surface area contributed by atoms with Crippen LogP contribution in [0.5, 0.6) is 0 Å². The molecule has 0 fully saturated rings. The monoisotopic (exact) mass is 520 g/mol. The highest BCUT2D eigenvalue weighted by Gasteiger charge is 2.45. The second kappa shape index (κ2) is 8.17. The van der Waals surface area contributed by atoms with Crippen LogP contribution in [0.1, 0.15) is 22.3 Å². The van der Waals surface area contributed by atoms with E-state index in [4.69, 9.17) is 4.18 Å². The quantitative estimate of drug-likeness (QED) is 0.214. The second-order valence-electron chi connectivity index (χ2n) is 8.33. The van der Waals surface area contributed by atoms with E-state index in [1.54, 1.807) is 0 Å². The van der Waals surface area contributed by atoms with Gasteiger partial charge in [-0.1, -0.05) is 12.1 Å². The number of hydrogen-bond acceptors (Lipinski definition) is 3. The predicted molar refractivity (Wildman–Crippen MR) is 124 cm³/mol. The lowest BCUT2D eigenvalue weighted by Crippen LogP contribution is -2.35. The van der Waals surface area contributed by atoms with Gasteiger partial charge in [0.15, 0.2) is 5.60 Å². The van der Waals surface area contributed by atoms with Gasteiger partial charge in [0.05, 0.1) is 11.8 Å². The van der Waals surface area contributed by atoms with E-state index >= 15 is 0 Å². The fourth-order valence-corrected chi connectivity index (χ4v) is 5.21. The van der Waals surface area contributed by atoms with Gasteiger partial charge in [0.25, 0.3) is 10.1 Å². The molecule has 36 heavy (non-hydrogen) atoms. The number of nitrogens with one attached hydrogen (secondary N) is 2. The van der Waals surface area contributed by atoms with E-state index in [0.29, 0.717) is 11.0 Å². The van der Waals surface area contributed by atoms with Gasteiger partial charge in [0.1, 0.15) is 11.6 Å². The molecule has 5 nitrogen and oxygen atoms in total. The van der Waals surface area contributed by atoms with Crippen LogP contribution in [0.25, 0.3) is 21.8 Å². The first kappa shape index (κ1) is 24.0. The van der Waals surface area contributed by atoms with Crippen LogP contribution >= 0.6 is 0 Å². The fraction of sp³-hybridized carbons (Fsp3) is 0.120. The summed E-state index contributed by atoms with van der Waals surface area (Å²) in [6.07, 6.45) is -1.07. The standard InChI is InChI=1S/C25H17F5N2O3S/c1-36(33,34)35-24(14-2-4-15(5-3-14)25(28,29)30,20-12-31-22-8-6-16(26)10-18(20)22)21-13-32-23-9-7-17(27)11-19(21)23/h2-13,31-32H,1H3. The molecule has 0 saturated carbocycles. The Kier molecular flexibility index (Phi) is 5.45. The highest BCUT2D eigenvalue weighted by molar-refractivity contribution is 7.86. The number of hydrogen-bond donors (Lipinski definition) is 2. The minimum Gasteiger partial charge on any atom is -0.361 e. The van der Waals surface area contributed by atoms with E-state index in [1.807, 2.05) is 0 Å². The molecule has 5 aromatic rings. The third kappa shape index (κ3) is 4.03. The van der Waals surface area contributed by atoms with Gasteiger partial charge in [-0.3, -0.25) is 0 Å². The molecule has 0 saturated heterocycles. The van der Waals surface area contributed by atoms with Crippen molar-refractivity contribution in [3.63, 3.8) is 0 Å². The predicted octanol–water partition coefficient (Wildman–Crippen LogP) is 6.21. The molecule has 2 aromatic heterocycles. The molecule has 186 valence electrons. The maximum Gasteiger partial charge on any atom is 0.416 e. The molecule has 0 atom stereocenters. The highest BCUT2D eigenvalue weighted by Crippen LogP contribution is 2.47. The molecule has 0 amide bonds. The average molecular weight is 520 g/mol. The van der Waals surface area contributed by atoms with Gasteiger partial charge in [0.2, 0.25) is 0 Å². The number of aromatic amines is 2. The van der Waals surface area contributed by atoms with Crippen molar-refractivity contribution in [3.8, 4) is 0 Å². The molecule has 3 aromatic carbocycles. The number of aromatic nitrogens is 2. The van der Waals surface area contributed by atoms with Crippen LogP contribution in [0.15, 0.2) is 73.1 Å². The molecular weight excluding hydrogens is 503 g/mol. The highest BCUT2D eigenvalue weighted by atomic mass is 32.2. The molecule has 0 radical (unpaired) electrons. The van der Waals surface area contributed by atoms with Crippen molar-refractivity contribution in [3.05, 3.63) is 107 Å². The number of fused-ring (bicyclic) bond motifs is 2. The Labute approximate surface area is 201 Å². The van der Waals surface area contributed by atoms with Gasteiger partial charge in [-0.15, -0.1) is 0 Å². The number of H-pyrrole nitrogens is 2. The van der Waals surface area contributed by atoms with E-state index in [-0.39, 0.29) is 27.5 Å². The summed E-state index contributed by atoms with van der Waals surface area (Å²) in [4.78, 5) is 5.85. The minimum atomic E-state index is -4.65. The normalized spacial score (nSPS) is 13.1. The lowest BCUT2D eigenvalue weighted by atomic mass is 9.79. The summed E-state index contributed by atoms with van der Waals surface area (Å²) in [6.45, 7) is 0. The van der Waals surface area contributed by atoms with Gasteiger partial charge in [-0.05, 0) is 54.1 Å². The fourth-order valence-electron chi connectivity index (χ4n) is 4.48. The Morgan fingerprint density at radius 2 is 1.17 bits per heavy atom. The molecule has 2 N–H and O–H groups in total. The topological polar surface area (TPSA) is 75.0 Å². The van der Waals surface area contributed by atoms with E-state index in [9.17, 15) is 30.4 Å². The molecule has 0 bridgehead atoms. The van der Waals surface area contributed by atoms with Gasteiger partial charge in [0, 0.05) is 45.3 Å². The molecule has 0 aliphatic heterocycles. The zero-order chi connectivity index (χ0) is 25.9. The van der Waals surface area contributed by atoms with E-state index in [2.05, 4.69) is 9.97 Å². The van der Waals surface area contributed by atoms with E-state index < -0.39 is 39.1 Å². The third-order valence-corrected chi connectivity index (χ3v) is 6.49. The first-order chi connectivity index (χ1) is 16.9. The minimum absolute atomic E-state index is 0.00347. The van der Waals surface area contributed by atoms with Crippen molar-refractivity contribution in [2.24, 2.45) is 0 Å². The number of halogens is 5. The van der Waals surface area contributed by atoms with Gasteiger partial charge in [-0.25, -0.2) is 13.0 Å². The summed E-state index contributed by atoms with van der Waals surface area (Å²) in [5.74, 6) is -1.26. The number of benzene rings is 3. The van der Waals surface area contributed by atoms with E-state index in [1.165, 1.54) is 36.7 Å². The van der Waals surface area contributed by atoms with Gasteiger partial charge >= 0.3 is 6.18 Å². The maximum absolute atomic E-state index is 14.3. The van der Waals surface area contributed by atoms with Crippen LogP contribution in [-0.2, 0) is 26.1 Å². The maximum atomic E-state index is 14.3. The first-order valence-electron chi connectivity index (χ1n) is 10.5. The molecule has 0 spiro atoms. The summed E-state index contributed by atoms with van der Waals surface area (Å²) in [5.41, 5.74) is -2.03. The Morgan fingerprint density at radius 1 is 0.722 bits per heavy atom. The summed E-state index contributed by atoms with van der Waals surface area (Å²) >= 11 is 0. The smallest absolute Gasteiger partial charge is 0.361 e. The molecule has 5 rings (SSSR count). The molecule has 0 aliphatic carbocycles. The lowest BCUT2D eigenvalue weighted by Gasteiger charge is -2.33. The Hall–Kier alpha value is -3.70. The SMILES string of the molecule is CS(=O)(=O)OC(c1ccc(C(F)(F)F)cc1)(c1c[nH]c2ccc(F)cc12)c1c[nH]c2ccc(F)cc12. The molecule has 0 aliphatic rings. The Balaban J connectivity index is 1.94. The molecule has 0 unspecified atom stereocenters. The number of alkyl halides is 3. The van der Waals surface area contributed by atoms with Gasteiger partial charge in [-0.2, -0.15) is 21.6 Å². The van der Waals surface area contributed by atoms with Crippen LogP contribution in [-0.4, -0.2) is 24.6 Å². The average Bonchev–Trinajstić information content (AvgIpc) is 3.40. The summed E-state index contributed by atoms with van der Waals surface area (Å²) in [6, 6.07) is 11.3. The summed E-state index contributed by atoms with van der Waals surface area (Å²) in [5, 5.41) is 0.452. The molecular formula is C25H17F5N2O3S. The van der Waals surface area contributed by atoms with Crippen molar-refractivity contribution < 1.29 is 34.6 Å². The first-order valence-corrected chi connectivity index (χ1v) is 12.3. The van der Waals surface area contributed by atoms with Crippen molar-refractivity contribution in [2.45, 2.75) is 11.8 Å².